The topological polar surface area (TPSA) is 231 Å². The molecule has 13 nitrogen and oxygen atoms in total. The third-order valence-electron chi connectivity index (χ3n) is 6.65. The van der Waals surface area contributed by atoms with Crippen LogP contribution in [0.25, 0.3) is 10.9 Å². The zero-order chi connectivity index (χ0) is 30.7. The Bertz CT molecular complexity index is 1220. The molecule has 41 heavy (non-hydrogen) atoms. The number of nitrogens with one attached hydrogen (secondary N) is 4. The standard InChI is InChI=1S/C28H44N8O5/c1-15(2)12-22(27(40)41)36-24(37)20(10-7-11-32-28(30)31)34-25(38)21(35-26(39)23(29)16(3)4)13-17-14-33-19-9-6-5-8-18(17)19/h5-6,8-9,14-16,20-23,33H,7,10-13,29H2,1-4H3,(H,34,38)(H,35,39)(H,36,37)(H,40,41)(H4,30,31,32). The number of rotatable bonds is 16. The molecule has 0 aliphatic heterocycles. The van der Waals surface area contributed by atoms with Gasteiger partial charge in [0.25, 0.3) is 0 Å². The fourth-order valence-corrected chi connectivity index (χ4v) is 4.31. The number of amides is 3. The minimum absolute atomic E-state index is 0.00670. The third kappa shape index (κ3) is 10.4. The molecule has 1 aromatic heterocycles. The number of benzene rings is 1. The minimum Gasteiger partial charge on any atom is -0.480 e. The number of carboxylic acid groups (broad SMARTS) is 1. The molecule has 0 fully saturated rings. The summed E-state index contributed by atoms with van der Waals surface area (Å²) >= 11 is 0. The maximum Gasteiger partial charge on any atom is 0.326 e. The molecule has 1 aromatic carbocycles. The number of carbonyl (C=O) groups is 4. The van der Waals surface area contributed by atoms with E-state index in [9.17, 15) is 24.3 Å². The highest BCUT2D eigenvalue weighted by atomic mass is 16.4. The normalized spacial score (nSPS) is 14.2. The summed E-state index contributed by atoms with van der Waals surface area (Å²) in [5.41, 5.74) is 18.5. The average Bonchev–Trinajstić information content (AvgIpc) is 3.31. The molecule has 0 aliphatic rings. The summed E-state index contributed by atoms with van der Waals surface area (Å²) in [5, 5.41) is 18.5. The van der Waals surface area contributed by atoms with Gasteiger partial charge in [-0.15, -0.1) is 0 Å². The molecule has 4 unspecified atom stereocenters. The average molecular weight is 573 g/mol. The number of para-hydroxylation sites is 1. The van der Waals surface area contributed by atoms with E-state index < -0.39 is 47.9 Å². The molecule has 0 saturated carbocycles. The molecule has 0 aliphatic carbocycles. The fraction of sp³-hybridized carbons (Fsp3) is 0.536. The number of nitrogens with two attached hydrogens (primary N) is 3. The summed E-state index contributed by atoms with van der Waals surface area (Å²) in [6.07, 6.45) is 2.56. The molecule has 13 heteroatoms. The third-order valence-corrected chi connectivity index (χ3v) is 6.65. The second-order valence-corrected chi connectivity index (χ2v) is 10.9. The van der Waals surface area contributed by atoms with E-state index in [4.69, 9.17) is 17.2 Å². The molecule has 0 bridgehead atoms. The highest BCUT2D eigenvalue weighted by molar-refractivity contribution is 5.95. The van der Waals surface area contributed by atoms with Gasteiger partial charge in [-0.2, -0.15) is 0 Å². The van der Waals surface area contributed by atoms with E-state index in [2.05, 4.69) is 25.9 Å². The van der Waals surface area contributed by atoms with Gasteiger partial charge < -0.3 is 43.2 Å². The number of fused-ring (bicyclic) bond motifs is 1. The zero-order valence-electron chi connectivity index (χ0n) is 24.1. The van der Waals surface area contributed by atoms with Crippen molar-refractivity contribution in [2.75, 3.05) is 6.54 Å². The summed E-state index contributed by atoms with van der Waals surface area (Å²) in [7, 11) is 0. The number of aromatic amines is 1. The molecule has 0 spiro atoms. The molecule has 4 atom stereocenters. The van der Waals surface area contributed by atoms with Crippen molar-refractivity contribution in [2.45, 2.75) is 77.5 Å². The van der Waals surface area contributed by atoms with E-state index >= 15 is 0 Å². The summed E-state index contributed by atoms with van der Waals surface area (Å²) in [6.45, 7) is 7.49. The Hall–Kier alpha value is -4.13. The molecule has 226 valence electrons. The van der Waals surface area contributed by atoms with E-state index in [1.807, 2.05) is 38.1 Å². The van der Waals surface area contributed by atoms with Gasteiger partial charge in [-0.3, -0.25) is 19.4 Å². The van der Waals surface area contributed by atoms with Crippen LogP contribution < -0.4 is 33.2 Å². The lowest BCUT2D eigenvalue weighted by Gasteiger charge is -2.26. The number of aromatic nitrogens is 1. The van der Waals surface area contributed by atoms with Gasteiger partial charge in [-0.1, -0.05) is 45.9 Å². The van der Waals surface area contributed by atoms with Gasteiger partial charge in [0.2, 0.25) is 17.7 Å². The molecule has 1 heterocycles. The van der Waals surface area contributed by atoms with Crippen LogP contribution in [0.4, 0.5) is 0 Å². The smallest absolute Gasteiger partial charge is 0.326 e. The molecule has 2 rings (SSSR count). The van der Waals surface area contributed by atoms with Crippen LogP contribution in [0.2, 0.25) is 0 Å². The lowest BCUT2D eigenvalue weighted by molar-refractivity contribution is -0.142. The number of hydrogen-bond acceptors (Lipinski definition) is 6. The molecule has 2 aromatic rings. The van der Waals surface area contributed by atoms with Gasteiger partial charge in [0, 0.05) is 30.1 Å². The number of aliphatic imine (C=N–C) groups is 1. The highest BCUT2D eigenvalue weighted by Gasteiger charge is 2.31. The van der Waals surface area contributed by atoms with E-state index in [1.165, 1.54) is 0 Å². The van der Waals surface area contributed by atoms with Crippen LogP contribution in [0.15, 0.2) is 35.5 Å². The van der Waals surface area contributed by atoms with Crippen LogP contribution in [-0.2, 0) is 25.6 Å². The number of aliphatic carboxylic acids is 1. The predicted octanol–water partition coefficient (Wildman–Crippen LogP) is 0.332. The SMILES string of the molecule is CC(C)CC(NC(=O)C(CCCN=C(N)N)NC(=O)C(Cc1c[nH]c2ccccc12)NC(=O)C(N)C(C)C)C(=O)O. The van der Waals surface area contributed by atoms with Crippen molar-refractivity contribution >= 4 is 40.6 Å². The van der Waals surface area contributed by atoms with Crippen LogP contribution in [0, 0.1) is 11.8 Å². The summed E-state index contributed by atoms with van der Waals surface area (Å²) in [5.74, 6) is -3.23. The van der Waals surface area contributed by atoms with Crippen LogP contribution >= 0.6 is 0 Å². The van der Waals surface area contributed by atoms with Gasteiger partial charge in [0.1, 0.15) is 18.1 Å². The second kappa shape index (κ2) is 15.6. The monoisotopic (exact) mass is 572 g/mol. The Kier molecular flexibility index (Phi) is 12.6. The predicted molar refractivity (Wildman–Crippen MR) is 158 cm³/mol. The fourth-order valence-electron chi connectivity index (χ4n) is 4.31. The number of carbonyl (C=O) groups excluding carboxylic acids is 3. The number of H-pyrrole nitrogens is 1. The molecular formula is C28H44N8O5. The van der Waals surface area contributed by atoms with Crippen LogP contribution in [0.5, 0.6) is 0 Å². The lowest BCUT2D eigenvalue weighted by Crippen LogP contribution is -2.58. The van der Waals surface area contributed by atoms with Crippen molar-refractivity contribution < 1.29 is 24.3 Å². The van der Waals surface area contributed by atoms with Crippen molar-refractivity contribution in [3.05, 3.63) is 36.0 Å². The Morgan fingerprint density at radius 2 is 1.54 bits per heavy atom. The molecule has 11 N–H and O–H groups in total. The highest BCUT2D eigenvalue weighted by Crippen LogP contribution is 2.19. The number of guanidine groups is 1. The summed E-state index contributed by atoms with van der Waals surface area (Å²) in [4.78, 5) is 58.6. The lowest BCUT2D eigenvalue weighted by atomic mass is 10.0. The largest absolute Gasteiger partial charge is 0.480 e. The van der Waals surface area contributed by atoms with Crippen molar-refractivity contribution in [3.63, 3.8) is 0 Å². The number of carboxylic acids is 1. The zero-order valence-corrected chi connectivity index (χ0v) is 24.1. The second-order valence-electron chi connectivity index (χ2n) is 10.9. The van der Waals surface area contributed by atoms with Crippen LogP contribution in [-0.4, -0.2) is 70.5 Å². The summed E-state index contributed by atoms with van der Waals surface area (Å²) in [6, 6.07) is 3.40. The quantitative estimate of drug-likeness (QED) is 0.0791. The molecular weight excluding hydrogens is 528 g/mol. The maximum atomic E-state index is 13.6. The molecule has 0 saturated heterocycles. The van der Waals surface area contributed by atoms with Crippen molar-refractivity contribution in [2.24, 2.45) is 34.0 Å². The van der Waals surface area contributed by atoms with Crippen molar-refractivity contribution in [3.8, 4) is 0 Å². The first-order chi connectivity index (χ1) is 19.3. The number of nitrogens with zero attached hydrogens (tertiary/aromatic N) is 1. The first-order valence-corrected chi connectivity index (χ1v) is 13.8. The number of hydrogen-bond donors (Lipinski definition) is 8. The van der Waals surface area contributed by atoms with Gasteiger partial charge in [-0.25, -0.2) is 4.79 Å². The Labute approximate surface area is 240 Å². The Morgan fingerprint density at radius 1 is 0.927 bits per heavy atom. The molecule has 0 radical (unpaired) electrons. The van der Waals surface area contributed by atoms with Crippen molar-refractivity contribution in [1.82, 2.24) is 20.9 Å². The Balaban J connectivity index is 2.32. The van der Waals surface area contributed by atoms with E-state index in [0.29, 0.717) is 6.42 Å². The summed E-state index contributed by atoms with van der Waals surface area (Å²) < 4.78 is 0. The Morgan fingerprint density at radius 3 is 2.15 bits per heavy atom. The van der Waals surface area contributed by atoms with Gasteiger partial charge >= 0.3 is 5.97 Å². The van der Waals surface area contributed by atoms with Gasteiger partial charge in [0.05, 0.1) is 6.04 Å². The molecule has 3 amide bonds. The van der Waals surface area contributed by atoms with Crippen LogP contribution in [0.1, 0.15) is 52.5 Å². The van der Waals surface area contributed by atoms with E-state index in [0.717, 1.165) is 16.5 Å². The van der Waals surface area contributed by atoms with Gasteiger partial charge in [0.15, 0.2) is 5.96 Å². The minimum atomic E-state index is -1.18. The first kappa shape index (κ1) is 33.1. The van der Waals surface area contributed by atoms with Crippen molar-refractivity contribution in [1.29, 1.82) is 0 Å². The van der Waals surface area contributed by atoms with E-state index in [1.54, 1.807) is 20.0 Å². The van der Waals surface area contributed by atoms with Gasteiger partial charge in [-0.05, 0) is 42.7 Å². The maximum absolute atomic E-state index is 13.6. The first-order valence-electron chi connectivity index (χ1n) is 13.8. The van der Waals surface area contributed by atoms with Crippen LogP contribution in [0.3, 0.4) is 0 Å². The van der Waals surface area contributed by atoms with E-state index in [-0.39, 0.29) is 43.6 Å².